The van der Waals surface area contributed by atoms with Crippen LogP contribution in [0.15, 0.2) is 77.9 Å². The lowest BCUT2D eigenvalue weighted by Crippen LogP contribution is -2.31. The van der Waals surface area contributed by atoms with Crippen LogP contribution in [-0.2, 0) is 17.8 Å². The number of amides is 1. The first-order chi connectivity index (χ1) is 14.7. The van der Waals surface area contributed by atoms with Gasteiger partial charge in [0.25, 0.3) is 0 Å². The maximum Gasteiger partial charge on any atom is 0.221 e. The molecule has 2 heterocycles. The monoisotopic (exact) mass is 405 g/mol. The van der Waals surface area contributed by atoms with Crippen LogP contribution in [0.3, 0.4) is 0 Å². The van der Waals surface area contributed by atoms with Crippen molar-refractivity contribution in [2.45, 2.75) is 25.4 Å². The maximum absolute atomic E-state index is 13.9. The molecular weight excluding hydrogens is 385 g/mol. The van der Waals surface area contributed by atoms with E-state index in [0.717, 1.165) is 5.56 Å². The molecule has 30 heavy (non-hydrogen) atoms. The van der Waals surface area contributed by atoms with E-state index in [-0.39, 0.29) is 24.2 Å². The Balaban J connectivity index is 1.39. The van der Waals surface area contributed by atoms with Gasteiger partial charge in [0.1, 0.15) is 18.5 Å². The molecule has 1 amide bonds. The maximum atomic E-state index is 13.9. The van der Waals surface area contributed by atoms with E-state index in [1.807, 2.05) is 30.3 Å². The first-order valence-corrected chi connectivity index (χ1v) is 9.55. The van der Waals surface area contributed by atoms with Crippen LogP contribution in [0.2, 0.25) is 0 Å². The average molecular weight is 405 g/mol. The molecule has 0 saturated heterocycles. The molecule has 0 aliphatic heterocycles. The average Bonchev–Trinajstić information content (AvgIpc) is 3.45. The van der Waals surface area contributed by atoms with Crippen molar-refractivity contribution in [1.82, 2.24) is 25.1 Å². The fourth-order valence-electron chi connectivity index (χ4n) is 3.13. The summed E-state index contributed by atoms with van der Waals surface area (Å²) >= 11 is 0. The van der Waals surface area contributed by atoms with E-state index in [4.69, 9.17) is 4.42 Å². The largest absolute Gasteiger partial charge is 0.441 e. The molecule has 152 valence electrons. The zero-order valence-electron chi connectivity index (χ0n) is 16.1. The predicted octanol–water partition coefficient (Wildman–Crippen LogP) is 3.56. The van der Waals surface area contributed by atoms with Crippen LogP contribution in [0.1, 0.15) is 23.9 Å². The van der Waals surface area contributed by atoms with Gasteiger partial charge in [-0.1, -0.05) is 42.5 Å². The molecule has 4 aromatic rings. The van der Waals surface area contributed by atoms with Crippen LogP contribution in [0.25, 0.3) is 11.3 Å². The lowest BCUT2D eigenvalue weighted by Gasteiger charge is -2.19. The summed E-state index contributed by atoms with van der Waals surface area (Å²) in [6.45, 7) is 0.464. The van der Waals surface area contributed by atoms with Crippen molar-refractivity contribution in [2.75, 3.05) is 0 Å². The van der Waals surface area contributed by atoms with Gasteiger partial charge >= 0.3 is 0 Å². The van der Waals surface area contributed by atoms with Gasteiger partial charge in [0.15, 0.2) is 11.7 Å². The summed E-state index contributed by atoms with van der Waals surface area (Å²) in [5, 5.41) is 7.15. The number of benzene rings is 2. The molecule has 0 spiro atoms. The Morgan fingerprint density at radius 1 is 1.13 bits per heavy atom. The van der Waals surface area contributed by atoms with Crippen LogP contribution in [0, 0.1) is 5.82 Å². The van der Waals surface area contributed by atoms with E-state index < -0.39 is 0 Å². The summed E-state index contributed by atoms with van der Waals surface area (Å²) in [5.74, 6) is 0.208. The first kappa shape index (κ1) is 19.5. The summed E-state index contributed by atoms with van der Waals surface area (Å²) in [7, 11) is 0. The quantitative estimate of drug-likeness (QED) is 0.484. The van der Waals surface area contributed by atoms with Crippen LogP contribution in [0.5, 0.6) is 0 Å². The number of carbonyl (C=O) groups is 1. The molecule has 0 saturated carbocycles. The second-order valence-corrected chi connectivity index (χ2v) is 6.75. The van der Waals surface area contributed by atoms with Crippen molar-refractivity contribution in [3.63, 3.8) is 0 Å². The fraction of sp³-hybridized carbons (Fsp3) is 0.182. The highest BCUT2D eigenvalue weighted by molar-refractivity contribution is 5.76. The van der Waals surface area contributed by atoms with Gasteiger partial charge in [-0.25, -0.2) is 14.4 Å². The smallest absolute Gasteiger partial charge is 0.221 e. The minimum atomic E-state index is -0.378. The number of rotatable bonds is 8. The second-order valence-electron chi connectivity index (χ2n) is 6.75. The number of nitrogens with zero attached hydrogens (tertiary/aromatic N) is 4. The number of nitrogens with one attached hydrogen (secondary N) is 1. The summed E-state index contributed by atoms with van der Waals surface area (Å²) < 4.78 is 21.2. The van der Waals surface area contributed by atoms with Crippen LogP contribution in [0.4, 0.5) is 4.39 Å². The van der Waals surface area contributed by atoms with Crippen molar-refractivity contribution < 1.29 is 13.6 Å². The fourth-order valence-corrected chi connectivity index (χ4v) is 3.13. The predicted molar refractivity (Wildman–Crippen MR) is 108 cm³/mol. The van der Waals surface area contributed by atoms with E-state index in [1.54, 1.807) is 29.2 Å². The number of hydrogen-bond acceptors (Lipinski definition) is 5. The van der Waals surface area contributed by atoms with Gasteiger partial charge in [0.05, 0.1) is 24.3 Å². The third-order valence-corrected chi connectivity index (χ3v) is 4.63. The molecule has 1 N–H and O–H groups in total. The molecule has 2 aromatic heterocycles. The van der Waals surface area contributed by atoms with Gasteiger partial charge < -0.3 is 9.73 Å². The minimum absolute atomic E-state index is 0.144. The summed E-state index contributed by atoms with van der Waals surface area (Å²) in [5.41, 5.74) is 1.32. The minimum Gasteiger partial charge on any atom is -0.441 e. The van der Waals surface area contributed by atoms with Crippen molar-refractivity contribution in [2.24, 2.45) is 0 Å². The van der Waals surface area contributed by atoms with Gasteiger partial charge in [-0.05, 0) is 17.7 Å². The van der Waals surface area contributed by atoms with E-state index >= 15 is 0 Å². The molecule has 0 bridgehead atoms. The molecule has 1 atom stereocenters. The van der Waals surface area contributed by atoms with E-state index in [0.29, 0.717) is 30.2 Å². The highest BCUT2D eigenvalue weighted by Crippen LogP contribution is 2.23. The van der Waals surface area contributed by atoms with Gasteiger partial charge in [-0.3, -0.25) is 9.48 Å². The number of aromatic nitrogens is 4. The normalized spacial score (nSPS) is 11.9. The number of aryl methyl sites for hydroxylation is 1. The van der Waals surface area contributed by atoms with Crippen LogP contribution < -0.4 is 5.32 Å². The molecule has 4 rings (SSSR count). The van der Waals surface area contributed by atoms with E-state index in [2.05, 4.69) is 20.4 Å². The van der Waals surface area contributed by atoms with E-state index in [9.17, 15) is 9.18 Å². The molecule has 0 radical (unpaired) electrons. The topological polar surface area (TPSA) is 85.8 Å². The highest BCUT2D eigenvalue weighted by Gasteiger charge is 2.17. The Bertz CT molecular complexity index is 1100. The molecule has 0 aliphatic rings. The summed E-state index contributed by atoms with van der Waals surface area (Å²) in [6.07, 6.45) is 5.05. The lowest BCUT2D eigenvalue weighted by atomic mass is 10.1. The third kappa shape index (κ3) is 4.78. The van der Waals surface area contributed by atoms with Crippen molar-refractivity contribution in [3.8, 4) is 11.3 Å². The third-order valence-electron chi connectivity index (χ3n) is 4.63. The van der Waals surface area contributed by atoms with Gasteiger partial charge in [0, 0.05) is 12.8 Å². The Morgan fingerprint density at radius 2 is 1.93 bits per heavy atom. The zero-order chi connectivity index (χ0) is 20.8. The molecule has 8 heteroatoms. The Labute approximate surface area is 172 Å². The van der Waals surface area contributed by atoms with Crippen LogP contribution in [-0.4, -0.2) is 25.7 Å². The summed E-state index contributed by atoms with van der Waals surface area (Å²) in [6, 6.07) is 15.8. The molecule has 1 unspecified atom stereocenters. The van der Waals surface area contributed by atoms with Gasteiger partial charge in [-0.2, -0.15) is 5.10 Å². The standard InChI is InChI=1S/C22H20FN5O2/c23-18-9-5-4-8-17(18)20-12-25-22(30-20)11-10-21(29)27-19(13-28-15-24-14-26-28)16-6-2-1-3-7-16/h1-9,12,14-15,19H,10-11,13H2,(H,27,29). The molecule has 0 aliphatic carbocycles. The number of oxazole rings is 1. The Morgan fingerprint density at radius 3 is 2.70 bits per heavy atom. The van der Waals surface area contributed by atoms with Crippen molar-refractivity contribution in [3.05, 3.63) is 90.7 Å². The SMILES string of the molecule is O=C(CCc1ncc(-c2ccccc2F)o1)NC(Cn1cncn1)c1ccccc1. The molecule has 7 nitrogen and oxygen atoms in total. The number of carbonyl (C=O) groups excluding carboxylic acids is 1. The zero-order valence-corrected chi connectivity index (χ0v) is 16.1. The van der Waals surface area contributed by atoms with Crippen molar-refractivity contribution in [1.29, 1.82) is 0 Å². The molecule has 0 fully saturated rings. The van der Waals surface area contributed by atoms with Crippen molar-refractivity contribution >= 4 is 5.91 Å². The Hall–Kier alpha value is -3.81. The second kappa shape index (κ2) is 9.13. The van der Waals surface area contributed by atoms with Gasteiger partial charge in [0.2, 0.25) is 5.91 Å². The highest BCUT2D eigenvalue weighted by atomic mass is 19.1. The molecular formula is C22H20FN5O2. The molecule has 2 aromatic carbocycles. The number of hydrogen-bond donors (Lipinski definition) is 1. The lowest BCUT2D eigenvalue weighted by molar-refractivity contribution is -0.122. The van der Waals surface area contributed by atoms with E-state index in [1.165, 1.54) is 18.6 Å². The number of halogens is 1. The van der Waals surface area contributed by atoms with Gasteiger partial charge in [-0.15, -0.1) is 0 Å². The first-order valence-electron chi connectivity index (χ1n) is 9.55. The van der Waals surface area contributed by atoms with Crippen LogP contribution >= 0.6 is 0 Å². The Kier molecular flexibility index (Phi) is 5.93. The summed E-state index contributed by atoms with van der Waals surface area (Å²) in [4.78, 5) is 20.7.